The topological polar surface area (TPSA) is 20.2 Å². The van der Waals surface area contributed by atoms with Gasteiger partial charge in [0.25, 0.3) is 0 Å². The third-order valence-electron chi connectivity index (χ3n) is 3.10. The molecule has 0 saturated heterocycles. The van der Waals surface area contributed by atoms with Crippen molar-refractivity contribution in [1.29, 1.82) is 0 Å². The van der Waals surface area contributed by atoms with E-state index in [1.54, 1.807) is 11.8 Å². The quantitative estimate of drug-likeness (QED) is 0.748. The lowest BCUT2D eigenvalue weighted by Gasteiger charge is -2.12. The summed E-state index contributed by atoms with van der Waals surface area (Å²) in [5.74, 6) is 0.650. The van der Waals surface area contributed by atoms with E-state index in [0.29, 0.717) is 5.75 Å². The number of aliphatic hydroxyl groups excluding tert-OH is 1. The number of thioether (sulfide) groups is 1. The predicted molar refractivity (Wildman–Crippen MR) is 87.6 cm³/mol. The Morgan fingerprint density at radius 1 is 1.15 bits per heavy atom. The van der Waals surface area contributed by atoms with Crippen LogP contribution in [0.4, 0.5) is 0 Å². The van der Waals surface area contributed by atoms with Crippen molar-refractivity contribution < 1.29 is 5.11 Å². The number of benzene rings is 2. The maximum absolute atomic E-state index is 10.3. The van der Waals surface area contributed by atoms with Crippen LogP contribution in [0.2, 0.25) is 5.02 Å². The molecule has 0 fully saturated rings. The minimum absolute atomic E-state index is 0.438. The van der Waals surface area contributed by atoms with E-state index in [1.165, 1.54) is 5.56 Å². The van der Waals surface area contributed by atoms with Crippen LogP contribution in [0.1, 0.15) is 30.6 Å². The minimum Gasteiger partial charge on any atom is -0.388 e. The van der Waals surface area contributed by atoms with Crippen molar-refractivity contribution in [3.8, 4) is 0 Å². The van der Waals surface area contributed by atoms with E-state index in [-0.39, 0.29) is 0 Å². The monoisotopic (exact) mass is 306 g/mol. The molecule has 0 bridgehead atoms. The van der Waals surface area contributed by atoms with Gasteiger partial charge in [-0.2, -0.15) is 0 Å². The van der Waals surface area contributed by atoms with Gasteiger partial charge in [0.15, 0.2) is 0 Å². The normalized spacial score (nSPS) is 12.3. The lowest BCUT2D eigenvalue weighted by molar-refractivity contribution is 0.204. The largest absolute Gasteiger partial charge is 0.388 e. The predicted octanol–water partition coefficient (Wildman–Crippen LogP) is 5.12. The van der Waals surface area contributed by atoms with Crippen LogP contribution in [0.5, 0.6) is 0 Å². The van der Waals surface area contributed by atoms with Crippen molar-refractivity contribution in [3.63, 3.8) is 0 Å². The Kier molecular flexibility index (Phi) is 5.96. The van der Waals surface area contributed by atoms with Crippen LogP contribution in [0.3, 0.4) is 0 Å². The number of hydrogen-bond donors (Lipinski definition) is 1. The van der Waals surface area contributed by atoms with Gasteiger partial charge in [0.05, 0.1) is 6.10 Å². The molecule has 106 valence electrons. The van der Waals surface area contributed by atoms with Gasteiger partial charge in [-0.05, 0) is 41.8 Å². The summed E-state index contributed by atoms with van der Waals surface area (Å²) in [5, 5.41) is 11.0. The summed E-state index contributed by atoms with van der Waals surface area (Å²) >= 11 is 7.50. The van der Waals surface area contributed by atoms with E-state index in [9.17, 15) is 5.11 Å². The highest BCUT2D eigenvalue weighted by molar-refractivity contribution is 7.99. The molecular formula is C17H19ClOS. The summed E-state index contributed by atoms with van der Waals surface area (Å²) in [6.45, 7) is 2.17. The maximum Gasteiger partial charge on any atom is 0.0884 e. The highest BCUT2D eigenvalue weighted by Gasteiger charge is 2.08. The van der Waals surface area contributed by atoms with Gasteiger partial charge >= 0.3 is 0 Å². The van der Waals surface area contributed by atoms with Gasteiger partial charge in [-0.3, -0.25) is 0 Å². The molecule has 0 amide bonds. The molecule has 0 aliphatic rings. The summed E-state index contributed by atoms with van der Waals surface area (Å²) in [6, 6.07) is 15.9. The van der Waals surface area contributed by atoms with Crippen LogP contribution in [-0.2, 0) is 6.42 Å². The second-order valence-electron chi connectivity index (χ2n) is 4.78. The fourth-order valence-electron chi connectivity index (χ4n) is 2.05. The van der Waals surface area contributed by atoms with Crippen molar-refractivity contribution in [2.24, 2.45) is 0 Å². The van der Waals surface area contributed by atoms with E-state index in [0.717, 1.165) is 28.3 Å². The lowest BCUT2D eigenvalue weighted by Crippen LogP contribution is -2.01. The molecule has 0 aliphatic carbocycles. The minimum atomic E-state index is -0.438. The van der Waals surface area contributed by atoms with Crippen LogP contribution >= 0.6 is 23.4 Å². The van der Waals surface area contributed by atoms with E-state index < -0.39 is 6.10 Å². The Bertz CT molecular complexity index is 539. The maximum atomic E-state index is 10.3. The van der Waals surface area contributed by atoms with Crippen LogP contribution in [0.15, 0.2) is 53.4 Å². The molecule has 0 aromatic heterocycles. The second kappa shape index (κ2) is 7.72. The average molecular weight is 307 g/mol. The zero-order valence-corrected chi connectivity index (χ0v) is 13.1. The number of aliphatic hydroxyl groups is 1. The Morgan fingerprint density at radius 3 is 2.60 bits per heavy atom. The molecule has 0 aliphatic heterocycles. The Hall–Kier alpha value is -0.960. The Morgan fingerprint density at radius 2 is 1.90 bits per heavy atom. The van der Waals surface area contributed by atoms with Crippen LogP contribution < -0.4 is 0 Å². The highest BCUT2D eigenvalue weighted by Crippen LogP contribution is 2.26. The summed E-state index contributed by atoms with van der Waals surface area (Å²) in [5.41, 5.74) is 2.29. The van der Waals surface area contributed by atoms with Gasteiger partial charge in [-0.15, -0.1) is 11.8 Å². The molecule has 0 heterocycles. The van der Waals surface area contributed by atoms with Crippen molar-refractivity contribution in [1.82, 2.24) is 0 Å². The first kappa shape index (κ1) is 15.4. The fraction of sp³-hybridized carbons (Fsp3) is 0.294. The van der Waals surface area contributed by atoms with E-state index in [4.69, 9.17) is 11.6 Å². The molecule has 3 heteroatoms. The molecule has 1 atom stereocenters. The number of aryl methyl sites for hydroxylation is 1. The van der Waals surface area contributed by atoms with Gasteiger partial charge in [-0.1, -0.05) is 49.2 Å². The van der Waals surface area contributed by atoms with Crippen molar-refractivity contribution in [3.05, 3.63) is 64.7 Å². The third kappa shape index (κ3) is 4.55. The molecule has 20 heavy (non-hydrogen) atoms. The van der Waals surface area contributed by atoms with Gasteiger partial charge in [-0.25, -0.2) is 0 Å². The van der Waals surface area contributed by atoms with E-state index in [1.807, 2.05) is 36.4 Å². The molecule has 2 aromatic carbocycles. The standard InChI is InChI=1S/C17H19ClOS/c1-2-4-13-5-3-6-14(11-13)17(19)12-20-16-9-7-15(18)8-10-16/h3,5-11,17,19H,2,4,12H2,1H3. The van der Waals surface area contributed by atoms with Crippen LogP contribution in [-0.4, -0.2) is 10.9 Å². The first-order chi connectivity index (χ1) is 9.69. The SMILES string of the molecule is CCCc1cccc(C(O)CSc2ccc(Cl)cc2)c1. The fourth-order valence-corrected chi connectivity index (χ4v) is 3.04. The molecule has 2 rings (SSSR count). The Balaban J connectivity index is 1.95. The average Bonchev–Trinajstić information content (AvgIpc) is 2.47. The number of halogens is 1. The molecule has 1 unspecified atom stereocenters. The summed E-state index contributed by atoms with van der Waals surface area (Å²) < 4.78 is 0. The molecule has 0 radical (unpaired) electrons. The summed E-state index contributed by atoms with van der Waals surface area (Å²) in [4.78, 5) is 1.12. The molecule has 1 nitrogen and oxygen atoms in total. The van der Waals surface area contributed by atoms with Gasteiger partial charge in [0.2, 0.25) is 0 Å². The van der Waals surface area contributed by atoms with E-state index >= 15 is 0 Å². The summed E-state index contributed by atoms with van der Waals surface area (Å²) in [6.07, 6.45) is 1.75. The zero-order chi connectivity index (χ0) is 14.4. The third-order valence-corrected chi connectivity index (χ3v) is 4.44. The van der Waals surface area contributed by atoms with Crippen molar-refractivity contribution in [2.45, 2.75) is 30.8 Å². The lowest BCUT2D eigenvalue weighted by atomic mass is 10.0. The zero-order valence-electron chi connectivity index (χ0n) is 11.6. The Labute approximate surface area is 130 Å². The van der Waals surface area contributed by atoms with Crippen molar-refractivity contribution >= 4 is 23.4 Å². The number of rotatable bonds is 6. The van der Waals surface area contributed by atoms with Crippen molar-refractivity contribution in [2.75, 3.05) is 5.75 Å². The molecule has 0 spiro atoms. The first-order valence-corrected chi connectivity index (χ1v) is 8.20. The highest BCUT2D eigenvalue weighted by atomic mass is 35.5. The van der Waals surface area contributed by atoms with E-state index in [2.05, 4.69) is 19.1 Å². The first-order valence-electron chi connectivity index (χ1n) is 6.84. The smallest absolute Gasteiger partial charge is 0.0884 e. The summed E-state index contributed by atoms with van der Waals surface area (Å²) in [7, 11) is 0. The molecule has 0 saturated carbocycles. The van der Waals surface area contributed by atoms with Gasteiger partial charge in [0, 0.05) is 15.7 Å². The molecule has 1 N–H and O–H groups in total. The second-order valence-corrected chi connectivity index (χ2v) is 6.31. The molecular weight excluding hydrogens is 288 g/mol. The van der Waals surface area contributed by atoms with Crippen LogP contribution in [0.25, 0.3) is 0 Å². The van der Waals surface area contributed by atoms with Gasteiger partial charge < -0.3 is 5.11 Å². The number of hydrogen-bond acceptors (Lipinski definition) is 2. The van der Waals surface area contributed by atoms with Crippen LogP contribution in [0, 0.1) is 0 Å². The van der Waals surface area contributed by atoms with Gasteiger partial charge in [0.1, 0.15) is 0 Å². The molecule has 2 aromatic rings.